The molecule has 0 amide bonds. The van der Waals surface area contributed by atoms with Crippen LogP contribution in [0.4, 0.5) is 5.69 Å². The smallest absolute Gasteiger partial charge is 0.345 e. The summed E-state index contributed by atoms with van der Waals surface area (Å²) in [5.41, 5.74) is 1.07. The molecule has 0 aliphatic rings. The minimum Gasteiger partial charge on any atom is -0.422 e. The van der Waals surface area contributed by atoms with Gasteiger partial charge in [-0.1, -0.05) is 0 Å². The van der Waals surface area contributed by atoms with Crippen LogP contribution in [0.25, 0.3) is 22.2 Å². The SMILES string of the molecule is O=C[C@@H](Nc1ccc2cc(-c3ccc[nH]3)c(=O)oc2c1)[C@H](O)[C@@H](O)[C@@H](O)CO. The van der Waals surface area contributed by atoms with E-state index in [-0.39, 0.29) is 5.58 Å². The quantitative estimate of drug-likeness (QED) is 0.230. The maximum atomic E-state index is 12.2. The van der Waals surface area contributed by atoms with E-state index in [1.807, 2.05) is 0 Å². The molecular weight excluding hydrogens is 368 g/mol. The van der Waals surface area contributed by atoms with Crippen molar-refractivity contribution >= 4 is 22.9 Å². The molecule has 0 spiro atoms. The van der Waals surface area contributed by atoms with E-state index < -0.39 is 36.6 Å². The molecular formula is C19H20N2O7. The number of fused-ring (bicyclic) bond motifs is 1. The van der Waals surface area contributed by atoms with E-state index in [9.17, 15) is 24.9 Å². The molecule has 0 saturated heterocycles. The van der Waals surface area contributed by atoms with Crippen molar-refractivity contribution < 1.29 is 29.6 Å². The summed E-state index contributed by atoms with van der Waals surface area (Å²) in [4.78, 5) is 26.5. The number of hydrogen-bond acceptors (Lipinski definition) is 8. The number of nitrogens with one attached hydrogen (secondary N) is 2. The zero-order chi connectivity index (χ0) is 20.3. The topological polar surface area (TPSA) is 156 Å². The summed E-state index contributed by atoms with van der Waals surface area (Å²) >= 11 is 0. The van der Waals surface area contributed by atoms with Crippen LogP contribution in [0.15, 0.2) is 51.8 Å². The van der Waals surface area contributed by atoms with E-state index in [0.717, 1.165) is 0 Å². The highest BCUT2D eigenvalue weighted by Gasteiger charge is 2.31. The molecule has 0 bridgehead atoms. The Labute approximate surface area is 158 Å². The fraction of sp³-hybridized carbons (Fsp3) is 0.263. The Balaban J connectivity index is 1.86. The van der Waals surface area contributed by atoms with Gasteiger partial charge in [0.2, 0.25) is 0 Å². The van der Waals surface area contributed by atoms with Gasteiger partial charge < -0.3 is 39.9 Å². The highest BCUT2D eigenvalue weighted by Crippen LogP contribution is 2.23. The molecule has 3 rings (SSSR count). The van der Waals surface area contributed by atoms with E-state index in [4.69, 9.17) is 9.52 Å². The zero-order valence-corrected chi connectivity index (χ0v) is 14.6. The van der Waals surface area contributed by atoms with Crippen molar-refractivity contribution in [2.24, 2.45) is 0 Å². The molecule has 148 valence electrons. The first-order chi connectivity index (χ1) is 13.4. The third kappa shape index (κ3) is 3.97. The minimum absolute atomic E-state index is 0.264. The molecule has 6 N–H and O–H groups in total. The number of carbonyl (C=O) groups excluding carboxylic acids is 1. The fourth-order valence-corrected chi connectivity index (χ4v) is 2.83. The maximum absolute atomic E-state index is 12.2. The van der Waals surface area contributed by atoms with E-state index in [2.05, 4.69) is 10.3 Å². The van der Waals surface area contributed by atoms with Crippen LogP contribution in [-0.2, 0) is 4.79 Å². The third-order valence-electron chi connectivity index (χ3n) is 4.40. The first-order valence-electron chi connectivity index (χ1n) is 8.53. The molecule has 0 unspecified atom stereocenters. The van der Waals surface area contributed by atoms with Crippen LogP contribution in [-0.4, -0.2) is 62.7 Å². The molecule has 4 atom stereocenters. The number of aromatic nitrogens is 1. The van der Waals surface area contributed by atoms with Crippen LogP contribution in [0.5, 0.6) is 0 Å². The first kappa shape index (κ1) is 19.8. The lowest BCUT2D eigenvalue weighted by molar-refractivity contribution is -0.117. The Morgan fingerprint density at radius 1 is 1.14 bits per heavy atom. The van der Waals surface area contributed by atoms with Crippen molar-refractivity contribution in [3.63, 3.8) is 0 Å². The molecule has 2 aromatic heterocycles. The van der Waals surface area contributed by atoms with E-state index in [0.29, 0.717) is 28.6 Å². The van der Waals surface area contributed by atoms with Crippen molar-refractivity contribution in [3.05, 3.63) is 53.0 Å². The number of aliphatic hydroxyl groups excluding tert-OH is 4. The van der Waals surface area contributed by atoms with Gasteiger partial charge in [-0.15, -0.1) is 0 Å². The van der Waals surface area contributed by atoms with Crippen molar-refractivity contribution in [1.82, 2.24) is 4.98 Å². The predicted octanol–water partition coefficient (Wildman–Crippen LogP) is -0.158. The first-order valence-corrected chi connectivity index (χ1v) is 8.53. The molecule has 2 heterocycles. The number of aldehydes is 1. The molecule has 0 fully saturated rings. The van der Waals surface area contributed by atoms with Gasteiger partial charge in [0.05, 0.1) is 17.9 Å². The Kier molecular flexibility index (Phi) is 5.90. The molecule has 9 heteroatoms. The van der Waals surface area contributed by atoms with Gasteiger partial charge >= 0.3 is 5.63 Å². The molecule has 0 aliphatic heterocycles. The van der Waals surface area contributed by atoms with Crippen LogP contribution in [0.3, 0.4) is 0 Å². The van der Waals surface area contributed by atoms with Crippen molar-refractivity contribution in [1.29, 1.82) is 0 Å². The number of anilines is 1. The van der Waals surface area contributed by atoms with Crippen molar-refractivity contribution in [2.75, 3.05) is 11.9 Å². The van der Waals surface area contributed by atoms with Gasteiger partial charge in [-0.05, 0) is 30.3 Å². The van der Waals surface area contributed by atoms with Crippen LogP contribution < -0.4 is 10.9 Å². The van der Waals surface area contributed by atoms with Crippen molar-refractivity contribution in [2.45, 2.75) is 24.4 Å². The number of aromatic amines is 1. The fourth-order valence-electron chi connectivity index (χ4n) is 2.83. The molecule has 0 saturated carbocycles. The number of H-pyrrole nitrogens is 1. The summed E-state index contributed by atoms with van der Waals surface area (Å²) in [6.07, 6.45) is -2.93. The van der Waals surface area contributed by atoms with Gasteiger partial charge in [0.25, 0.3) is 0 Å². The monoisotopic (exact) mass is 388 g/mol. The molecule has 3 aromatic rings. The van der Waals surface area contributed by atoms with Gasteiger partial charge in [-0.25, -0.2) is 4.79 Å². The van der Waals surface area contributed by atoms with E-state index >= 15 is 0 Å². The van der Waals surface area contributed by atoms with Crippen LogP contribution in [0.1, 0.15) is 0 Å². The van der Waals surface area contributed by atoms with Gasteiger partial charge in [-0.2, -0.15) is 0 Å². The summed E-state index contributed by atoms with van der Waals surface area (Å²) in [5.74, 6) is 0. The average Bonchev–Trinajstić information content (AvgIpc) is 3.24. The van der Waals surface area contributed by atoms with Crippen molar-refractivity contribution in [3.8, 4) is 11.3 Å². The lowest BCUT2D eigenvalue weighted by atomic mass is 10.0. The largest absolute Gasteiger partial charge is 0.422 e. The van der Waals surface area contributed by atoms with Crippen LogP contribution in [0.2, 0.25) is 0 Å². The van der Waals surface area contributed by atoms with Gasteiger partial charge in [-0.3, -0.25) is 0 Å². The summed E-state index contributed by atoms with van der Waals surface area (Å²) in [7, 11) is 0. The Morgan fingerprint density at radius 2 is 1.93 bits per heavy atom. The summed E-state index contributed by atoms with van der Waals surface area (Å²) in [5, 5.41) is 41.5. The molecule has 9 nitrogen and oxygen atoms in total. The maximum Gasteiger partial charge on any atom is 0.345 e. The highest BCUT2D eigenvalue weighted by atomic mass is 16.4. The molecule has 1 aromatic carbocycles. The second kappa shape index (κ2) is 8.36. The second-order valence-corrected chi connectivity index (χ2v) is 6.32. The normalized spacial score (nSPS) is 15.7. The minimum atomic E-state index is -1.73. The average molecular weight is 388 g/mol. The van der Waals surface area contributed by atoms with Crippen LogP contribution in [0, 0.1) is 0 Å². The lowest BCUT2D eigenvalue weighted by Gasteiger charge is -2.26. The number of carbonyl (C=O) groups is 1. The number of benzene rings is 1. The number of hydrogen-bond donors (Lipinski definition) is 6. The standard InChI is InChI=1S/C19H20N2O7/c22-8-14(17(25)18(26)15(24)9-23)21-11-4-3-10-6-12(13-2-1-5-20-13)19(27)28-16(10)7-11/h1-8,14-15,17-18,20-21,23-26H,9H2/t14-,15+,17+,18+/m1/s1. The van der Waals surface area contributed by atoms with Crippen LogP contribution >= 0.6 is 0 Å². The van der Waals surface area contributed by atoms with Gasteiger partial charge in [0.1, 0.15) is 36.2 Å². The number of aliphatic hydroxyl groups is 4. The van der Waals surface area contributed by atoms with E-state index in [1.54, 1.807) is 36.5 Å². The summed E-state index contributed by atoms with van der Waals surface area (Å²) in [6, 6.07) is 8.67. The third-order valence-corrected chi connectivity index (χ3v) is 4.40. The van der Waals surface area contributed by atoms with Gasteiger partial charge in [0, 0.05) is 23.3 Å². The van der Waals surface area contributed by atoms with Gasteiger partial charge in [0.15, 0.2) is 0 Å². The van der Waals surface area contributed by atoms with E-state index in [1.165, 1.54) is 6.07 Å². The Bertz CT molecular complexity index is 999. The summed E-state index contributed by atoms with van der Waals surface area (Å²) in [6.45, 7) is -0.770. The highest BCUT2D eigenvalue weighted by molar-refractivity contribution is 5.84. The lowest BCUT2D eigenvalue weighted by Crippen LogP contribution is -2.49. The Hall–Kier alpha value is -2.98. The molecule has 0 radical (unpaired) electrons. The number of rotatable bonds is 8. The zero-order valence-electron chi connectivity index (χ0n) is 14.6. The second-order valence-electron chi connectivity index (χ2n) is 6.32. The molecule has 0 aliphatic carbocycles. The Morgan fingerprint density at radius 3 is 2.57 bits per heavy atom. The predicted molar refractivity (Wildman–Crippen MR) is 101 cm³/mol. The summed E-state index contributed by atoms with van der Waals surface area (Å²) < 4.78 is 5.35. The molecule has 28 heavy (non-hydrogen) atoms.